The standard InChI is InChI=1S/C18H17N3OS2/c22-17(15-7-4-10-23-15)20-18-19-14-8-9-21(12-16(14)24-18)11-13-5-2-1-3-6-13/h1-7,10H,8-9,11-12H2,(H,19,20,22). The van der Waals surface area contributed by atoms with Gasteiger partial charge in [0.2, 0.25) is 0 Å². The Morgan fingerprint density at radius 3 is 2.88 bits per heavy atom. The van der Waals surface area contributed by atoms with E-state index >= 15 is 0 Å². The number of nitrogens with zero attached hydrogens (tertiary/aromatic N) is 2. The number of benzene rings is 1. The first-order valence-electron chi connectivity index (χ1n) is 7.87. The minimum absolute atomic E-state index is 0.0720. The van der Waals surface area contributed by atoms with Gasteiger partial charge in [0.05, 0.1) is 10.6 Å². The van der Waals surface area contributed by atoms with Gasteiger partial charge in [0.1, 0.15) is 0 Å². The number of aromatic nitrogens is 1. The quantitative estimate of drug-likeness (QED) is 0.769. The van der Waals surface area contributed by atoms with Crippen LogP contribution in [0.15, 0.2) is 47.8 Å². The van der Waals surface area contributed by atoms with Crippen LogP contribution in [0.4, 0.5) is 5.13 Å². The Morgan fingerprint density at radius 2 is 2.08 bits per heavy atom. The summed E-state index contributed by atoms with van der Waals surface area (Å²) in [6.07, 6.45) is 0.938. The summed E-state index contributed by atoms with van der Waals surface area (Å²) < 4.78 is 0. The SMILES string of the molecule is O=C(Nc1nc2c(s1)CN(Cc1ccccc1)CC2)c1cccs1. The number of anilines is 1. The average Bonchev–Trinajstić information content (AvgIpc) is 3.24. The van der Waals surface area contributed by atoms with Gasteiger partial charge < -0.3 is 0 Å². The largest absolute Gasteiger partial charge is 0.297 e. The maximum atomic E-state index is 12.1. The van der Waals surface area contributed by atoms with E-state index in [-0.39, 0.29) is 5.91 Å². The molecule has 3 heterocycles. The van der Waals surface area contributed by atoms with E-state index in [0.717, 1.165) is 31.7 Å². The van der Waals surface area contributed by atoms with Crippen molar-refractivity contribution >= 4 is 33.7 Å². The molecule has 4 nitrogen and oxygen atoms in total. The molecule has 0 saturated heterocycles. The van der Waals surface area contributed by atoms with Gasteiger partial charge in [-0.25, -0.2) is 4.98 Å². The van der Waals surface area contributed by atoms with Crippen LogP contribution in [0.2, 0.25) is 0 Å². The third-order valence-corrected chi connectivity index (χ3v) is 5.89. The fraction of sp³-hybridized carbons (Fsp3) is 0.222. The molecule has 0 radical (unpaired) electrons. The predicted octanol–water partition coefficient (Wildman–Crippen LogP) is 4.02. The van der Waals surface area contributed by atoms with Gasteiger partial charge in [0, 0.05) is 30.9 Å². The zero-order valence-corrected chi connectivity index (χ0v) is 14.7. The molecule has 24 heavy (non-hydrogen) atoms. The molecule has 0 unspecified atom stereocenters. The molecule has 6 heteroatoms. The van der Waals surface area contributed by atoms with Crippen molar-refractivity contribution in [3.63, 3.8) is 0 Å². The van der Waals surface area contributed by atoms with Crippen LogP contribution in [0.5, 0.6) is 0 Å². The molecule has 0 atom stereocenters. The number of thiophene rings is 1. The van der Waals surface area contributed by atoms with Gasteiger partial charge in [0.15, 0.2) is 5.13 Å². The van der Waals surface area contributed by atoms with E-state index in [1.54, 1.807) is 11.3 Å². The van der Waals surface area contributed by atoms with Gasteiger partial charge in [0.25, 0.3) is 5.91 Å². The molecule has 0 fully saturated rings. The Morgan fingerprint density at radius 1 is 1.21 bits per heavy atom. The van der Waals surface area contributed by atoms with Crippen molar-refractivity contribution in [1.29, 1.82) is 0 Å². The van der Waals surface area contributed by atoms with Crippen molar-refractivity contribution in [3.8, 4) is 0 Å². The van der Waals surface area contributed by atoms with Crippen LogP contribution in [-0.2, 0) is 19.5 Å². The summed E-state index contributed by atoms with van der Waals surface area (Å²) in [5.41, 5.74) is 2.46. The molecule has 122 valence electrons. The predicted molar refractivity (Wildman–Crippen MR) is 98.6 cm³/mol. The van der Waals surface area contributed by atoms with Crippen LogP contribution < -0.4 is 5.32 Å². The van der Waals surface area contributed by atoms with Crippen LogP contribution in [0.25, 0.3) is 0 Å². The molecule has 4 rings (SSSR count). The molecule has 1 N–H and O–H groups in total. The second kappa shape index (κ2) is 6.84. The minimum Gasteiger partial charge on any atom is -0.297 e. The number of amides is 1. The van der Waals surface area contributed by atoms with Gasteiger partial charge in [-0.05, 0) is 17.0 Å². The number of rotatable bonds is 4. The fourth-order valence-electron chi connectivity index (χ4n) is 2.84. The van der Waals surface area contributed by atoms with Gasteiger partial charge in [-0.2, -0.15) is 0 Å². The summed E-state index contributed by atoms with van der Waals surface area (Å²) in [5.74, 6) is -0.0720. The summed E-state index contributed by atoms with van der Waals surface area (Å²) in [7, 11) is 0. The highest BCUT2D eigenvalue weighted by molar-refractivity contribution is 7.16. The highest BCUT2D eigenvalue weighted by Crippen LogP contribution is 2.29. The average molecular weight is 355 g/mol. The molecule has 3 aromatic rings. The van der Waals surface area contributed by atoms with Gasteiger partial charge in [-0.15, -0.1) is 22.7 Å². The highest BCUT2D eigenvalue weighted by Gasteiger charge is 2.21. The number of nitrogens with one attached hydrogen (secondary N) is 1. The molecule has 0 saturated carbocycles. The lowest BCUT2D eigenvalue weighted by Gasteiger charge is -2.25. The van der Waals surface area contributed by atoms with Crippen LogP contribution in [-0.4, -0.2) is 22.3 Å². The number of carbonyl (C=O) groups excluding carboxylic acids is 1. The lowest BCUT2D eigenvalue weighted by atomic mass is 10.1. The summed E-state index contributed by atoms with van der Waals surface area (Å²) in [6.45, 7) is 2.86. The Hall–Kier alpha value is -2.02. The molecule has 1 amide bonds. The van der Waals surface area contributed by atoms with E-state index in [2.05, 4.69) is 39.5 Å². The van der Waals surface area contributed by atoms with E-state index in [1.165, 1.54) is 21.8 Å². The Labute approximate surface area is 148 Å². The first-order chi connectivity index (χ1) is 11.8. The number of thiazole rings is 1. The minimum atomic E-state index is -0.0720. The van der Waals surface area contributed by atoms with Crippen molar-refractivity contribution in [2.45, 2.75) is 19.5 Å². The molecule has 1 aliphatic heterocycles. The Kier molecular flexibility index (Phi) is 4.42. The van der Waals surface area contributed by atoms with Crippen LogP contribution in [0.3, 0.4) is 0 Å². The third-order valence-electron chi connectivity index (χ3n) is 4.02. The number of hydrogen-bond donors (Lipinski definition) is 1. The number of fused-ring (bicyclic) bond motifs is 1. The van der Waals surface area contributed by atoms with E-state index in [4.69, 9.17) is 0 Å². The van der Waals surface area contributed by atoms with Crippen LogP contribution >= 0.6 is 22.7 Å². The summed E-state index contributed by atoms with van der Waals surface area (Å²) in [4.78, 5) is 21.2. The van der Waals surface area contributed by atoms with E-state index in [0.29, 0.717) is 10.0 Å². The third kappa shape index (κ3) is 3.40. The van der Waals surface area contributed by atoms with Crippen molar-refractivity contribution in [2.75, 3.05) is 11.9 Å². The molecular weight excluding hydrogens is 338 g/mol. The second-order valence-electron chi connectivity index (χ2n) is 5.77. The summed E-state index contributed by atoms with van der Waals surface area (Å²) >= 11 is 3.04. The smallest absolute Gasteiger partial charge is 0.267 e. The van der Waals surface area contributed by atoms with E-state index < -0.39 is 0 Å². The molecule has 2 aromatic heterocycles. The zero-order valence-electron chi connectivity index (χ0n) is 13.1. The van der Waals surface area contributed by atoms with Crippen molar-refractivity contribution in [1.82, 2.24) is 9.88 Å². The van der Waals surface area contributed by atoms with Crippen LogP contribution in [0, 0.1) is 0 Å². The first kappa shape index (κ1) is 15.5. The van der Waals surface area contributed by atoms with Gasteiger partial charge in [-0.3, -0.25) is 15.0 Å². The molecule has 0 spiro atoms. The van der Waals surface area contributed by atoms with Gasteiger partial charge >= 0.3 is 0 Å². The first-order valence-corrected chi connectivity index (χ1v) is 9.57. The second-order valence-corrected chi connectivity index (χ2v) is 7.80. The number of carbonyl (C=O) groups is 1. The molecule has 1 aromatic carbocycles. The lowest BCUT2D eigenvalue weighted by molar-refractivity contribution is 0.103. The monoisotopic (exact) mass is 355 g/mol. The maximum absolute atomic E-state index is 12.1. The van der Waals surface area contributed by atoms with E-state index in [9.17, 15) is 4.79 Å². The van der Waals surface area contributed by atoms with Crippen LogP contribution in [0.1, 0.15) is 25.8 Å². The van der Waals surface area contributed by atoms with E-state index in [1.807, 2.05) is 23.6 Å². The highest BCUT2D eigenvalue weighted by atomic mass is 32.1. The Balaban J connectivity index is 1.43. The number of hydrogen-bond acceptors (Lipinski definition) is 5. The van der Waals surface area contributed by atoms with Crippen molar-refractivity contribution in [3.05, 3.63) is 68.9 Å². The Bertz CT molecular complexity index is 827. The van der Waals surface area contributed by atoms with Crippen molar-refractivity contribution in [2.24, 2.45) is 0 Å². The maximum Gasteiger partial charge on any atom is 0.267 e. The molecule has 0 bridgehead atoms. The molecule has 1 aliphatic rings. The molecular formula is C18H17N3OS2. The van der Waals surface area contributed by atoms with Crippen molar-refractivity contribution < 1.29 is 4.79 Å². The molecule has 0 aliphatic carbocycles. The normalized spacial score (nSPS) is 14.3. The topological polar surface area (TPSA) is 45.2 Å². The zero-order chi connectivity index (χ0) is 16.4. The summed E-state index contributed by atoms with van der Waals surface area (Å²) in [6, 6.07) is 14.2. The fourth-order valence-corrected chi connectivity index (χ4v) is 4.51. The lowest BCUT2D eigenvalue weighted by Crippen LogP contribution is -2.29. The summed E-state index contributed by atoms with van der Waals surface area (Å²) in [5, 5.41) is 5.54. The van der Waals surface area contributed by atoms with Gasteiger partial charge in [-0.1, -0.05) is 36.4 Å².